The number of anilines is 2. The number of nitrogens with one attached hydrogen (secondary N) is 1. The highest BCUT2D eigenvalue weighted by Crippen LogP contribution is 2.28. The van der Waals surface area contributed by atoms with Crippen LogP contribution in [0.3, 0.4) is 0 Å². The second-order valence-electron chi connectivity index (χ2n) is 4.72. The number of benzene rings is 2. The van der Waals surface area contributed by atoms with Gasteiger partial charge in [-0.15, -0.1) is 11.3 Å². The molecule has 6 heteroatoms. The van der Waals surface area contributed by atoms with Crippen LogP contribution >= 0.6 is 11.3 Å². The van der Waals surface area contributed by atoms with Crippen LogP contribution < -0.4 is 5.32 Å². The van der Waals surface area contributed by atoms with Crippen LogP contribution in [0.2, 0.25) is 0 Å². The molecule has 0 amide bonds. The Kier molecular flexibility index (Phi) is 4.34. The van der Waals surface area contributed by atoms with Crippen LogP contribution in [0, 0.1) is 5.82 Å². The number of nitrogens with zero attached hydrogens (tertiary/aromatic N) is 1. The van der Waals surface area contributed by atoms with Crippen molar-refractivity contribution in [2.45, 2.75) is 0 Å². The van der Waals surface area contributed by atoms with E-state index in [0.29, 0.717) is 27.6 Å². The molecule has 0 radical (unpaired) electrons. The van der Waals surface area contributed by atoms with Crippen LogP contribution in [0.4, 0.5) is 15.2 Å². The van der Waals surface area contributed by atoms with Gasteiger partial charge in [0.2, 0.25) is 0 Å². The van der Waals surface area contributed by atoms with Gasteiger partial charge in [-0.25, -0.2) is 14.2 Å². The zero-order valence-electron chi connectivity index (χ0n) is 12.2. The van der Waals surface area contributed by atoms with Crippen molar-refractivity contribution >= 4 is 28.1 Å². The number of carbonyl (C=O) groups excluding carboxylic acids is 1. The molecule has 3 aromatic rings. The third-order valence-electron chi connectivity index (χ3n) is 3.19. The monoisotopic (exact) mass is 328 g/mol. The third-order valence-corrected chi connectivity index (χ3v) is 3.95. The van der Waals surface area contributed by atoms with Gasteiger partial charge in [0.25, 0.3) is 0 Å². The van der Waals surface area contributed by atoms with Gasteiger partial charge in [-0.1, -0.05) is 18.2 Å². The quantitative estimate of drug-likeness (QED) is 0.718. The normalized spacial score (nSPS) is 10.3. The lowest BCUT2D eigenvalue weighted by Gasteiger charge is -2.04. The topological polar surface area (TPSA) is 51.2 Å². The molecule has 0 saturated heterocycles. The number of hydrogen-bond acceptors (Lipinski definition) is 5. The van der Waals surface area contributed by atoms with Crippen LogP contribution in [-0.4, -0.2) is 18.1 Å². The van der Waals surface area contributed by atoms with Crippen LogP contribution in [0.25, 0.3) is 11.3 Å². The summed E-state index contributed by atoms with van der Waals surface area (Å²) in [5.41, 5.74) is 2.19. The van der Waals surface area contributed by atoms with Gasteiger partial charge in [-0.05, 0) is 30.3 Å². The summed E-state index contributed by atoms with van der Waals surface area (Å²) >= 11 is 1.36. The Balaban J connectivity index is 1.82. The summed E-state index contributed by atoms with van der Waals surface area (Å²) in [5, 5.41) is 5.51. The van der Waals surface area contributed by atoms with Crippen molar-refractivity contribution in [2.75, 3.05) is 12.4 Å². The minimum atomic E-state index is -0.403. The molecule has 1 heterocycles. The van der Waals surface area contributed by atoms with E-state index < -0.39 is 5.97 Å². The lowest BCUT2D eigenvalue weighted by molar-refractivity contribution is 0.0601. The zero-order valence-corrected chi connectivity index (χ0v) is 13.1. The van der Waals surface area contributed by atoms with E-state index >= 15 is 0 Å². The predicted molar refractivity (Wildman–Crippen MR) is 88.6 cm³/mol. The molecule has 0 unspecified atom stereocenters. The van der Waals surface area contributed by atoms with Crippen LogP contribution in [-0.2, 0) is 4.74 Å². The van der Waals surface area contributed by atoms with E-state index in [1.807, 2.05) is 6.07 Å². The molecule has 23 heavy (non-hydrogen) atoms. The molecule has 0 aliphatic rings. The number of carbonyl (C=O) groups is 1. The lowest BCUT2D eigenvalue weighted by Crippen LogP contribution is -2.01. The molecule has 116 valence electrons. The van der Waals surface area contributed by atoms with Crippen LogP contribution in [0.5, 0.6) is 0 Å². The third kappa shape index (κ3) is 3.37. The van der Waals surface area contributed by atoms with E-state index in [1.165, 1.54) is 24.5 Å². The Morgan fingerprint density at radius 2 is 2.04 bits per heavy atom. The van der Waals surface area contributed by atoms with E-state index in [4.69, 9.17) is 4.74 Å². The molecule has 0 saturated carbocycles. The summed E-state index contributed by atoms with van der Waals surface area (Å²) in [4.78, 5) is 15.9. The molecule has 0 fully saturated rings. The molecule has 4 nitrogen and oxygen atoms in total. The summed E-state index contributed by atoms with van der Waals surface area (Å²) in [5.74, 6) is -0.711. The molecular formula is C17H13FN2O2S. The molecule has 0 bridgehead atoms. The summed E-state index contributed by atoms with van der Waals surface area (Å²) in [7, 11) is 1.34. The Morgan fingerprint density at radius 1 is 1.22 bits per heavy atom. The zero-order chi connectivity index (χ0) is 16.2. The minimum Gasteiger partial charge on any atom is -0.465 e. The first-order valence-corrected chi connectivity index (χ1v) is 7.71. The molecule has 0 spiro atoms. The Morgan fingerprint density at radius 3 is 2.83 bits per heavy atom. The van der Waals surface area contributed by atoms with Gasteiger partial charge < -0.3 is 10.1 Å². The number of hydrogen-bond donors (Lipinski definition) is 1. The van der Waals surface area contributed by atoms with Gasteiger partial charge in [0, 0.05) is 16.6 Å². The number of thiazole rings is 1. The van der Waals surface area contributed by atoms with E-state index in [2.05, 4.69) is 10.3 Å². The van der Waals surface area contributed by atoms with Gasteiger partial charge in [0.05, 0.1) is 18.4 Å². The average molecular weight is 328 g/mol. The maximum absolute atomic E-state index is 13.8. The highest BCUT2D eigenvalue weighted by Gasteiger charge is 2.10. The molecule has 0 atom stereocenters. The van der Waals surface area contributed by atoms with Crippen molar-refractivity contribution in [2.24, 2.45) is 0 Å². The lowest BCUT2D eigenvalue weighted by atomic mass is 10.2. The second-order valence-corrected chi connectivity index (χ2v) is 5.57. The standard InChI is InChI=1S/C17H13FN2O2S/c1-22-16(21)11-5-4-6-12(9-11)19-17-20-15(10-23-17)13-7-2-3-8-14(13)18/h2-10H,1H3,(H,19,20). The van der Waals surface area contributed by atoms with Gasteiger partial charge in [-0.2, -0.15) is 0 Å². The number of ether oxygens (including phenoxy) is 1. The fourth-order valence-corrected chi connectivity index (χ4v) is 2.82. The first-order valence-electron chi connectivity index (χ1n) is 6.83. The molecule has 2 aromatic carbocycles. The SMILES string of the molecule is COC(=O)c1cccc(Nc2nc(-c3ccccc3F)cs2)c1. The largest absolute Gasteiger partial charge is 0.465 e. The van der Waals surface area contributed by atoms with Crippen LogP contribution in [0.1, 0.15) is 10.4 Å². The van der Waals surface area contributed by atoms with Crippen molar-refractivity contribution in [1.29, 1.82) is 0 Å². The van der Waals surface area contributed by atoms with Crippen molar-refractivity contribution in [3.05, 3.63) is 65.3 Å². The van der Waals surface area contributed by atoms with Gasteiger partial charge >= 0.3 is 5.97 Å². The van der Waals surface area contributed by atoms with Crippen molar-refractivity contribution in [3.8, 4) is 11.3 Å². The van der Waals surface area contributed by atoms with Crippen molar-refractivity contribution in [1.82, 2.24) is 4.98 Å². The Bertz CT molecular complexity index is 848. The molecule has 0 aliphatic heterocycles. The molecule has 1 aromatic heterocycles. The van der Waals surface area contributed by atoms with E-state index in [0.717, 1.165) is 0 Å². The second kappa shape index (κ2) is 6.58. The van der Waals surface area contributed by atoms with Crippen LogP contribution in [0.15, 0.2) is 53.9 Å². The maximum Gasteiger partial charge on any atom is 0.337 e. The predicted octanol–water partition coefficient (Wildman–Crippen LogP) is 4.48. The average Bonchev–Trinajstić information content (AvgIpc) is 3.03. The number of esters is 1. The van der Waals surface area contributed by atoms with Crippen molar-refractivity contribution in [3.63, 3.8) is 0 Å². The first kappa shape index (κ1) is 15.2. The van der Waals surface area contributed by atoms with Gasteiger partial charge in [-0.3, -0.25) is 0 Å². The van der Waals surface area contributed by atoms with E-state index in [9.17, 15) is 9.18 Å². The molecule has 0 aliphatic carbocycles. The summed E-state index contributed by atoms with van der Waals surface area (Å²) < 4.78 is 18.5. The van der Waals surface area contributed by atoms with E-state index in [1.54, 1.807) is 41.8 Å². The first-order chi connectivity index (χ1) is 11.2. The fraction of sp³-hybridized carbons (Fsp3) is 0.0588. The summed E-state index contributed by atoms with van der Waals surface area (Å²) in [6, 6.07) is 13.4. The summed E-state index contributed by atoms with van der Waals surface area (Å²) in [6.07, 6.45) is 0. The highest BCUT2D eigenvalue weighted by molar-refractivity contribution is 7.14. The number of methoxy groups -OCH3 is 1. The molecule has 1 N–H and O–H groups in total. The van der Waals surface area contributed by atoms with Gasteiger partial charge in [0.15, 0.2) is 5.13 Å². The Hall–Kier alpha value is -2.73. The Labute approximate surface area is 136 Å². The minimum absolute atomic E-state index is 0.308. The molecular weight excluding hydrogens is 315 g/mol. The van der Waals surface area contributed by atoms with Gasteiger partial charge in [0.1, 0.15) is 5.82 Å². The molecule has 3 rings (SSSR count). The van der Waals surface area contributed by atoms with Crippen molar-refractivity contribution < 1.29 is 13.9 Å². The number of aromatic nitrogens is 1. The maximum atomic E-state index is 13.8. The van der Waals surface area contributed by atoms with E-state index in [-0.39, 0.29) is 5.82 Å². The highest BCUT2D eigenvalue weighted by atomic mass is 32.1. The number of halogens is 1. The smallest absolute Gasteiger partial charge is 0.337 e. The number of rotatable bonds is 4. The fourth-order valence-electron chi connectivity index (χ4n) is 2.09. The summed E-state index contributed by atoms with van der Waals surface area (Å²) in [6.45, 7) is 0.